The van der Waals surface area contributed by atoms with E-state index in [4.69, 9.17) is 11.6 Å². The number of hydrogen-bond acceptors (Lipinski definition) is 4. The Morgan fingerprint density at radius 3 is 2.83 bits per heavy atom. The van der Waals surface area contributed by atoms with Crippen LogP contribution in [0.3, 0.4) is 0 Å². The monoisotopic (exact) mass is 363 g/mol. The average molecular weight is 364 g/mol. The summed E-state index contributed by atoms with van der Waals surface area (Å²) in [7, 11) is 0. The predicted molar refractivity (Wildman–Crippen MR) is 91.8 cm³/mol. The first-order valence-electron chi connectivity index (χ1n) is 6.88. The lowest BCUT2D eigenvalue weighted by molar-refractivity contribution is -0.116. The molecular weight excluding hydrogens is 353 g/mol. The van der Waals surface area contributed by atoms with Gasteiger partial charge in [-0.15, -0.1) is 11.3 Å². The van der Waals surface area contributed by atoms with Crippen molar-refractivity contribution in [3.05, 3.63) is 69.3 Å². The van der Waals surface area contributed by atoms with Crippen LogP contribution in [0, 0.1) is 5.82 Å². The number of thiophene rings is 1. The molecule has 0 saturated heterocycles. The number of amides is 1. The van der Waals surface area contributed by atoms with Crippen molar-refractivity contribution in [1.29, 1.82) is 0 Å². The molecular formula is C16H11ClFN3O2S. The van der Waals surface area contributed by atoms with Gasteiger partial charge in [0.05, 0.1) is 21.9 Å². The number of benzene rings is 1. The van der Waals surface area contributed by atoms with Gasteiger partial charge in [0.25, 0.3) is 5.56 Å². The minimum Gasteiger partial charge on any atom is -0.324 e. The van der Waals surface area contributed by atoms with E-state index >= 15 is 0 Å². The van der Waals surface area contributed by atoms with Crippen LogP contribution in [0.1, 0.15) is 0 Å². The number of nitrogens with one attached hydrogen (secondary N) is 1. The summed E-state index contributed by atoms with van der Waals surface area (Å²) in [5, 5.41) is 4.35. The van der Waals surface area contributed by atoms with Crippen LogP contribution >= 0.6 is 22.9 Å². The van der Waals surface area contributed by atoms with E-state index in [1.165, 1.54) is 40.4 Å². The Morgan fingerprint density at radius 2 is 2.17 bits per heavy atom. The van der Waals surface area contributed by atoms with Gasteiger partial charge in [-0.05, 0) is 29.6 Å². The molecule has 2 aromatic heterocycles. The highest BCUT2D eigenvalue weighted by Gasteiger charge is 2.09. The van der Waals surface area contributed by atoms with E-state index in [0.29, 0.717) is 11.4 Å². The van der Waals surface area contributed by atoms with Crippen LogP contribution in [0.4, 0.5) is 10.1 Å². The Bertz CT molecular complexity index is 941. The molecule has 0 aliphatic rings. The van der Waals surface area contributed by atoms with Crippen molar-refractivity contribution in [2.24, 2.45) is 0 Å². The van der Waals surface area contributed by atoms with Crippen molar-refractivity contribution in [3.63, 3.8) is 0 Å². The quantitative estimate of drug-likeness (QED) is 0.772. The number of carbonyl (C=O) groups excluding carboxylic acids is 1. The van der Waals surface area contributed by atoms with Crippen molar-refractivity contribution < 1.29 is 9.18 Å². The molecule has 0 spiro atoms. The van der Waals surface area contributed by atoms with Crippen molar-refractivity contribution in [3.8, 4) is 10.6 Å². The third-order valence-corrected chi connectivity index (χ3v) is 4.35. The highest BCUT2D eigenvalue weighted by atomic mass is 35.5. The molecule has 24 heavy (non-hydrogen) atoms. The molecule has 0 saturated carbocycles. The predicted octanol–water partition coefficient (Wildman–Crippen LogP) is 3.40. The summed E-state index contributed by atoms with van der Waals surface area (Å²) >= 11 is 7.13. The zero-order chi connectivity index (χ0) is 17.1. The topological polar surface area (TPSA) is 64.0 Å². The fourth-order valence-corrected chi connectivity index (χ4v) is 2.91. The lowest BCUT2D eigenvalue weighted by Crippen LogP contribution is -2.27. The van der Waals surface area contributed by atoms with Gasteiger partial charge in [0.15, 0.2) is 0 Å². The number of carbonyl (C=O) groups is 1. The summed E-state index contributed by atoms with van der Waals surface area (Å²) in [6.45, 7) is -0.203. The summed E-state index contributed by atoms with van der Waals surface area (Å²) in [5.74, 6) is -1.01. The number of anilines is 1. The zero-order valence-electron chi connectivity index (χ0n) is 12.2. The highest BCUT2D eigenvalue weighted by molar-refractivity contribution is 7.13. The van der Waals surface area contributed by atoms with E-state index in [-0.39, 0.29) is 17.1 Å². The van der Waals surface area contributed by atoms with Gasteiger partial charge in [-0.25, -0.2) is 9.37 Å². The Labute approximate surface area is 145 Å². The summed E-state index contributed by atoms with van der Waals surface area (Å²) in [5.41, 5.74) is 0.584. The molecule has 8 heteroatoms. The zero-order valence-corrected chi connectivity index (χ0v) is 13.8. The molecule has 3 aromatic rings. The van der Waals surface area contributed by atoms with Crippen LogP contribution in [-0.2, 0) is 11.3 Å². The van der Waals surface area contributed by atoms with Crippen LogP contribution in [0.15, 0.2) is 52.9 Å². The van der Waals surface area contributed by atoms with E-state index in [1.807, 2.05) is 17.5 Å². The summed E-state index contributed by atoms with van der Waals surface area (Å²) in [6, 6.07) is 8.96. The SMILES string of the molecule is O=C(Cn1cnc(-c2cccs2)cc1=O)Nc1ccc(F)c(Cl)c1. The highest BCUT2D eigenvalue weighted by Crippen LogP contribution is 2.21. The van der Waals surface area contributed by atoms with Crippen molar-refractivity contribution in [2.75, 3.05) is 5.32 Å². The average Bonchev–Trinajstić information content (AvgIpc) is 3.07. The molecule has 1 N–H and O–H groups in total. The van der Waals surface area contributed by atoms with Crippen LogP contribution < -0.4 is 10.9 Å². The largest absolute Gasteiger partial charge is 0.324 e. The summed E-state index contributed by atoms with van der Waals surface area (Å²) in [4.78, 5) is 29.2. The van der Waals surface area contributed by atoms with Crippen LogP contribution in [0.2, 0.25) is 5.02 Å². The van der Waals surface area contributed by atoms with Gasteiger partial charge in [-0.2, -0.15) is 0 Å². The van der Waals surface area contributed by atoms with Crippen LogP contribution in [-0.4, -0.2) is 15.5 Å². The standard InChI is InChI=1S/C16H11ClFN3O2S/c17-11-6-10(3-4-12(11)18)20-15(22)8-21-9-19-13(7-16(21)23)14-2-1-5-24-14/h1-7,9H,8H2,(H,20,22). The van der Waals surface area contributed by atoms with Gasteiger partial charge in [-0.1, -0.05) is 17.7 Å². The molecule has 0 radical (unpaired) electrons. The number of aromatic nitrogens is 2. The Morgan fingerprint density at radius 1 is 1.33 bits per heavy atom. The minimum atomic E-state index is -0.570. The van der Waals surface area contributed by atoms with Gasteiger partial charge >= 0.3 is 0 Å². The van der Waals surface area contributed by atoms with E-state index < -0.39 is 11.7 Å². The molecule has 3 rings (SSSR count). The fraction of sp³-hybridized carbons (Fsp3) is 0.0625. The van der Waals surface area contributed by atoms with E-state index in [0.717, 1.165) is 10.9 Å². The number of rotatable bonds is 4. The van der Waals surface area contributed by atoms with Gasteiger partial charge in [0.1, 0.15) is 12.4 Å². The first-order chi connectivity index (χ1) is 11.5. The Hall–Kier alpha value is -2.51. The smallest absolute Gasteiger partial charge is 0.254 e. The Kier molecular flexibility index (Phi) is 4.73. The van der Waals surface area contributed by atoms with Gasteiger partial charge < -0.3 is 5.32 Å². The maximum absolute atomic E-state index is 13.1. The second kappa shape index (κ2) is 6.94. The summed E-state index contributed by atoms with van der Waals surface area (Å²) in [6.07, 6.45) is 1.33. The minimum absolute atomic E-state index is 0.0908. The normalized spacial score (nSPS) is 10.6. The first-order valence-corrected chi connectivity index (χ1v) is 8.14. The van der Waals surface area contributed by atoms with Crippen molar-refractivity contribution >= 4 is 34.5 Å². The summed E-state index contributed by atoms with van der Waals surface area (Å²) < 4.78 is 14.3. The maximum atomic E-state index is 13.1. The molecule has 122 valence electrons. The third kappa shape index (κ3) is 3.69. The second-order valence-electron chi connectivity index (χ2n) is 4.89. The Balaban J connectivity index is 1.72. The van der Waals surface area contributed by atoms with Gasteiger partial charge in [0.2, 0.25) is 5.91 Å². The lowest BCUT2D eigenvalue weighted by atomic mass is 10.3. The second-order valence-corrected chi connectivity index (χ2v) is 6.25. The van der Waals surface area contributed by atoms with Crippen LogP contribution in [0.25, 0.3) is 10.6 Å². The molecule has 1 aromatic carbocycles. The van der Waals surface area contributed by atoms with E-state index in [9.17, 15) is 14.0 Å². The van der Waals surface area contributed by atoms with Gasteiger partial charge in [0, 0.05) is 11.8 Å². The van der Waals surface area contributed by atoms with Crippen molar-refractivity contribution in [2.45, 2.75) is 6.54 Å². The van der Waals surface area contributed by atoms with Crippen LogP contribution in [0.5, 0.6) is 0 Å². The molecule has 2 heterocycles. The van der Waals surface area contributed by atoms with E-state index in [1.54, 1.807) is 0 Å². The number of nitrogens with zero attached hydrogens (tertiary/aromatic N) is 2. The number of halogens is 2. The van der Waals surface area contributed by atoms with Gasteiger partial charge in [-0.3, -0.25) is 14.2 Å². The first kappa shape index (κ1) is 16.4. The molecule has 0 unspecified atom stereocenters. The molecule has 0 fully saturated rings. The lowest BCUT2D eigenvalue weighted by Gasteiger charge is -2.08. The molecule has 0 aliphatic heterocycles. The molecule has 0 atom stereocenters. The maximum Gasteiger partial charge on any atom is 0.254 e. The van der Waals surface area contributed by atoms with Crippen molar-refractivity contribution in [1.82, 2.24) is 9.55 Å². The number of hydrogen-bond donors (Lipinski definition) is 1. The third-order valence-electron chi connectivity index (χ3n) is 3.17. The fourth-order valence-electron chi connectivity index (χ4n) is 2.03. The molecule has 0 aliphatic carbocycles. The molecule has 5 nitrogen and oxygen atoms in total. The molecule has 0 bridgehead atoms. The molecule has 1 amide bonds. The van der Waals surface area contributed by atoms with E-state index in [2.05, 4.69) is 10.3 Å².